The smallest absolute Gasteiger partial charge is 0.0600 e. The normalized spacial score (nSPS) is 18.3. The van der Waals surface area contributed by atoms with E-state index in [9.17, 15) is 0 Å². The molecule has 1 rings (SSSR count). The maximum atomic E-state index is 4.46. The van der Waals surface area contributed by atoms with Crippen LogP contribution in [0.25, 0.3) is 0 Å². The van der Waals surface area contributed by atoms with Crippen LogP contribution in [0.15, 0.2) is 4.99 Å². The van der Waals surface area contributed by atoms with Gasteiger partial charge < -0.3 is 0 Å². The molecule has 1 heterocycles. The number of thioether (sulfide) groups is 1. The number of nitrogens with zero attached hydrogens (tertiary/aromatic N) is 1. The molecule has 0 N–H and O–H groups in total. The molecule has 0 saturated carbocycles. The van der Waals surface area contributed by atoms with Gasteiger partial charge in [0.1, 0.15) is 0 Å². The Morgan fingerprint density at radius 3 is 1.84 bits per heavy atom. The minimum Gasteiger partial charge on any atom is -0.282 e. The summed E-state index contributed by atoms with van der Waals surface area (Å²) in [6.07, 6.45) is 18.6. The largest absolute Gasteiger partial charge is 0.282 e. The monoisotopic (exact) mass is 283 g/mol. The van der Waals surface area contributed by atoms with Crippen molar-refractivity contribution in [3.63, 3.8) is 0 Å². The average molecular weight is 284 g/mol. The van der Waals surface area contributed by atoms with Gasteiger partial charge in [0.05, 0.1) is 11.6 Å². The molecule has 19 heavy (non-hydrogen) atoms. The predicted molar refractivity (Wildman–Crippen MR) is 90.4 cm³/mol. The lowest BCUT2D eigenvalue weighted by molar-refractivity contribution is 0.530. The second-order valence-electron chi connectivity index (χ2n) is 5.92. The fourth-order valence-electron chi connectivity index (χ4n) is 2.71. The third-order valence-corrected chi connectivity index (χ3v) is 4.87. The molecule has 112 valence electrons. The van der Waals surface area contributed by atoms with E-state index in [0.717, 1.165) is 0 Å². The van der Waals surface area contributed by atoms with Crippen LogP contribution in [0.1, 0.15) is 90.4 Å². The van der Waals surface area contributed by atoms with Crippen LogP contribution < -0.4 is 0 Å². The van der Waals surface area contributed by atoms with Crippen molar-refractivity contribution in [3.8, 4) is 0 Å². The van der Waals surface area contributed by atoms with Gasteiger partial charge in [-0.2, -0.15) is 0 Å². The molecule has 1 aliphatic rings. The van der Waals surface area contributed by atoms with Crippen molar-refractivity contribution in [3.05, 3.63) is 0 Å². The molecule has 0 fully saturated rings. The van der Waals surface area contributed by atoms with E-state index in [-0.39, 0.29) is 0 Å². The Hall–Kier alpha value is 0.0200. The molecule has 1 atom stereocenters. The second-order valence-corrected chi connectivity index (χ2v) is 6.80. The second kappa shape index (κ2) is 13.0. The van der Waals surface area contributed by atoms with Crippen molar-refractivity contribution in [1.29, 1.82) is 0 Å². The van der Waals surface area contributed by atoms with Crippen LogP contribution >= 0.6 is 11.8 Å². The van der Waals surface area contributed by atoms with Gasteiger partial charge in [-0.15, -0.1) is 11.8 Å². The summed E-state index contributed by atoms with van der Waals surface area (Å²) in [7, 11) is 0. The highest BCUT2D eigenvalue weighted by Crippen LogP contribution is 2.18. The van der Waals surface area contributed by atoms with E-state index in [2.05, 4.69) is 11.9 Å². The first-order valence-corrected chi connectivity index (χ1v) is 9.61. The van der Waals surface area contributed by atoms with E-state index in [0.29, 0.717) is 6.04 Å². The zero-order valence-electron chi connectivity index (χ0n) is 12.9. The van der Waals surface area contributed by atoms with E-state index in [1.54, 1.807) is 0 Å². The minimum atomic E-state index is 0.646. The van der Waals surface area contributed by atoms with Gasteiger partial charge in [-0.1, -0.05) is 84.0 Å². The van der Waals surface area contributed by atoms with Gasteiger partial charge in [0.2, 0.25) is 0 Å². The third-order valence-electron chi connectivity index (χ3n) is 4.03. The van der Waals surface area contributed by atoms with Gasteiger partial charge in [0.15, 0.2) is 0 Å². The Morgan fingerprint density at radius 2 is 1.37 bits per heavy atom. The highest BCUT2D eigenvalue weighted by molar-refractivity contribution is 8.12. The van der Waals surface area contributed by atoms with E-state index < -0.39 is 0 Å². The molecule has 0 radical (unpaired) electrons. The summed E-state index contributed by atoms with van der Waals surface area (Å²) in [5, 5.41) is 0. The summed E-state index contributed by atoms with van der Waals surface area (Å²) in [6, 6.07) is 0.646. The Morgan fingerprint density at radius 1 is 0.842 bits per heavy atom. The summed E-state index contributed by atoms with van der Waals surface area (Å²) in [5.74, 6) is 1.23. The molecule has 2 heteroatoms. The summed E-state index contributed by atoms with van der Waals surface area (Å²) in [5.41, 5.74) is 2.03. The Labute approximate surface area is 125 Å². The van der Waals surface area contributed by atoms with Crippen LogP contribution in [0.4, 0.5) is 0 Å². The van der Waals surface area contributed by atoms with E-state index in [4.69, 9.17) is 0 Å². The molecule has 0 aliphatic carbocycles. The fourth-order valence-corrected chi connectivity index (χ4v) is 3.52. The number of hydrogen-bond acceptors (Lipinski definition) is 2. The van der Waals surface area contributed by atoms with E-state index in [1.165, 1.54) is 89.2 Å². The Balaban J connectivity index is 1.68. The zero-order valence-corrected chi connectivity index (χ0v) is 13.7. The first-order valence-electron chi connectivity index (χ1n) is 8.56. The number of aliphatic imine (C=N–C) groups is 1. The summed E-state index contributed by atoms with van der Waals surface area (Å²) >= 11 is 1.87. The lowest BCUT2D eigenvalue weighted by Gasteiger charge is -2.05. The lowest BCUT2D eigenvalue weighted by Crippen LogP contribution is -2.02. The highest BCUT2D eigenvalue weighted by atomic mass is 32.2. The van der Waals surface area contributed by atoms with Crippen LogP contribution in [0.3, 0.4) is 0 Å². The van der Waals surface area contributed by atoms with Crippen molar-refractivity contribution in [2.45, 2.75) is 96.4 Å². The molecule has 1 unspecified atom stereocenters. The van der Waals surface area contributed by atoms with Crippen LogP contribution in [0.5, 0.6) is 0 Å². The van der Waals surface area contributed by atoms with Crippen molar-refractivity contribution in [1.82, 2.24) is 0 Å². The molecule has 0 aromatic heterocycles. The summed E-state index contributed by atoms with van der Waals surface area (Å²) in [6.45, 7) is 2.29. The summed E-state index contributed by atoms with van der Waals surface area (Å²) in [4.78, 5) is 4.46. The molecule has 1 nitrogen and oxygen atoms in total. The van der Waals surface area contributed by atoms with Crippen molar-refractivity contribution in [2.24, 2.45) is 4.99 Å². The van der Waals surface area contributed by atoms with E-state index in [1.807, 2.05) is 17.3 Å². The van der Waals surface area contributed by atoms with Gasteiger partial charge in [0, 0.05) is 5.75 Å². The fraction of sp³-hybridized carbons (Fsp3) is 0.941. The van der Waals surface area contributed by atoms with Gasteiger partial charge in [0.25, 0.3) is 0 Å². The van der Waals surface area contributed by atoms with Gasteiger partial charge >= 0.3 is 0 Å². The third kappa shape index (κ3) is 10.5. The molecule has 0 bridgehead atoms. The number of rotatable bonds is 13. The van der Waals surface area contributed by atoms with Crippen LogP contribution in [0, 0.1) is 0 Å². The van der Waals surface area contributed by atoms with Gasteiger partial charge in [-0.05, 0) is 6.42 Å². The SMILES string of the molecule is CCCCCCCCCCCCCCC1CSC=N1. The van der Waals surface area contributed by atoms with Crippen molar-refractivity contribution >= 4 is 17.3 Å². The molecule has 0 amide bonds. The molecule has 0 spiro atoms. The lowest BCUT2D eigenvalue weighted by atomic mass is 10.0. The topological polar surface area (TPSA) is 12.4 Å². The molecule has 0 aromatic carbocycles. The van der Waals surface area contributed by atoms with Gasteiger partial charge in [-0.25, -0.2) is 0 Å². The van der Waals surface area contributed by atoms with Crippen LogP contribution in [-0.2, 0) is 0 Å². The molecule has 0 aromatic rings. The van der Waals surface area contributed by atoms with E-state index >= 15 is 0 Å². The average Bonchev–Trinajstić information content (AvgIpc) is 2.93. The van der Waals surface area contributed by atoms with Crippen molar-refractivity contribution in [2.75, 3.05) is 5.75 Å². The Kier molecular flexibility index (Phi) is 11.7. The quantitative estimate of drug-likeness (QED) is 0.365. The number of unbranched alkanes of at least 4 members (excludes halogenated alkanes) is 11. The maximum absolute atomic E-state index is 4.46. The van der Waals surface area contributed by atoms with Crippen LogP contribution in [0.2, 0.25) is 0 Å². The first-order chi connectivity index (χ1) is 9.43. The Bertz CT molecular complexity index is 215. The standard InChI is InChI=1S/C17H33NS/c1-2-3-4-5-6-7-8-9-10-11-12-13-14-17-15-19-16-18-17/h16-17H,2-15H2,1H3. The van der Waals surface area contributed by atoms with Gasteiger partial charge in [-0.3, -0.25) is 4.99 Å². The molecular weight excluding hydrogens is 250 g/mol. The molecule has 0 saturated heterocycles. The van der Waals surface area contributed by atoms with Crippen molar-refractivity contribution < 1.29 is 0 Å². The molecule has 1 aliphatic heterocycles. The maximum Gasteiger partial charge on any atom is 0.0600 e. The number of hydrogen-bond donors (Lipinski definition) is 0. The van der Waals surface area contributed by atoms with Crippen LogP contribution in [-0.4, -0.2) is 17.3 Å². The first kappa shape index (κ1) is 17.1. The zero-order chi connectivity index (χ0) is 13.6. The highest BCUT2D eigenvalue weighted by Gasteiger charge is 2.09. The molecular formula is C17H33NS. The minimum absolute atomic E-state index is 0.646. The summed E-state index contributed by atoms with van der Waals surface area (Å²) < 4.78 is 0. The predicted octanol–water partition coefficient (Wildman–Crippen LogP) is 6.22.